The van der Waals surface area contributed by atoms with Crippen molar-refractivity contribution in [2.45, 2.75) is 18.9 Å². The second-order valence-corrected chi connectivity index (χ2v) is 5.90. The van der Waals surface area contributed by atoms with E-state index in [-0.39, 0.29) is 5.89 Å². The molecular weight excluding hydrogens is 337 g/mol. The third-order valence-corrected chi connectivity index (χ3v) is 3.33. The molecular formula is C13H11F3N2O4S. The number of benzene rings is 1. The molecule has 2 aromatic rings. The smallest absolute Gasteiger partial charge is 0.376 e. The molecule has 0 amide bonds. The zero-order valence-corrected chi connectivity index (χ0v) is 12.6. The van der Waals surface area contributed by atoms with Gasteiger partial charge in [0.2, 0.25) is 0 Å². The van der Waals surface area contributed by atoms with Crippen molar-refractivity contribution in [3.05, 3.63) is 42.2 Å². The van der Waals surface area contributed by atoms with Crippen molar-refractivity contribution in [2.75, 3.05) is 0 Å². The number of rotatable bonds is 3. The third kappa shape index (κ3) is 4.81. The molecule has 0 atom stereocenters. The highest BCUT2D eigenvalue weighted by Crippen LogP contribution is 2.28. The van der Waals surface area contributed by atoms with Gasteiger partial charge in [-0.25, -0.2) is 0 Å². The van der Waals surface area contributed by atoms with Gasteiger partial charge in [-0.2, -0.15) is 26.6 Å². The molecule has 0 bridgehead atoms. The van der Waals surface area contributed by atoms with Crippen molar-refractivity contribution in [1.82, 2.24) is 10.1 Å². The zero-order chi connectivity index (χ0) is 17.1. The minimum absolute atomic E-state index is 0.160. The van der Waals surface area contributed by atoms with Crippen LogP contribution < -0.4 is 4.18 Å². The number of nitrogens with zero attached hydrogens (tertiary/aromatic N) is 2. The van der Waals surface area contributed by atoms with Crippen LogP contribution in [-0.2, 0) is 10.1 Å². The highest BCUT2D eigenvalue weighted by Gasteiger charge is 2.48. The summed E-state index contributed by atoms with van der Waals surface area (Å²) in [6, 6.07) is 4.71. The van der Waals surface area contributed by atoms with Crippen LogP contribution in [-0.4, -0.2) is 24.1 Å². The van der Waals surface area contributed by atoms with Crippen molar-refractivity contribution in [2.24, 2.45) is 0 Å². The van der Waals surface area contributed by atoms with Crippen molar-refractivity contribution in [3.63, 3.8) is 0 Å². The molecule has 0 spiro atoms. The highest BCUT2D eigenvalue weighted by atomic mass is 32.2. The topological polar surface area (TPSA) is 82.3 Å². The molecule has 0 saturated heterocycles. The van der Waals surface area contributed by atoms with Gasteiger partial charge in [-0.3, -0.25) is 0 Å². The SMILES string of the molecule is C1=CC1.Cc1noc(-c2ccc(OS(=O)(=O)C(F)(F)F)cc2)n1. The Balaban J connectivity index is 0.000000572. The maximum absolute atomic E-state index is 12.1. The fourth-order valence-corrected chi connectivity index (χ4v) is 1.70. The first-order chi connectivity index (χ1) is 10.7. The van der Waals surface area contributed by atoms with Gasteiger partial charge in [0, 0.05) is 5.56 Å². The van der Waals surface area contributed by atoms with Gasteiger partial charge in [0.05, 0.1) is 0 Å². The summed E-state index contributed by atoms with van der Waals surface area (Å²) in [5.74, 6) is 0.0787. The summed E-state index contributed by atoms with van der Waals surface area (Å²) in [7, 11) is -5.68. The van der Waals surface area contributed by atoms with E-state index in [0.29, 0.717) is 11.4 Å². The van der Waals surface area contributed by atoms with Crippen molar-refractivity contribution in [3.8, 4) is 17.2 Å². The molecule has 0 N–H and O–H groups in total. The normalized spacial score (nSPS) is 13.2. The van der Waals surface area contributed by atoms with Crippen LogP contribution >= 0.6 is 0 Å². The second-order valence-electron chi connectivity index (χ2n) is 4.36. The van der Waals surface area contributed by atoms with Crippen molar-refractivity contribution < 1.29 is 30.3 Å². The average molecular weight is 348 g/mol. The number of halogens is 3. The fourth-order valence-electron chi connectivity index (χ4n) is 1.24. The zero-order valence-electron chi connectivity index (χ0n) is 11.7. The second kappa shape index (κ2) is 6.41. The standard InChI is InChI=1S/C10H7F3N2O4S.C3H4/c1-6-14-9(18-15-6)7-2-4-8(5-3-7)19-20(16,17)10(11,12)13;1-2-3-1/h2-5H,1H3;1-2H,3H2. The van der Waals surface area contributed by atoms with Gasteiger partial charge in [0.15, 0.2) is 5.82 Å². The molecule has 0 aliphatic heterocycles. The maximum Gasteiger partial charge on any atom is 0.534 e. The molecule has 0 unspecified atom stereocenters. The summed E-state index contributed by atoms with van der Waals surface area (Å²) < 4.78 is 66.7. The maximum atomic E-state index is 12.1. The van der Waals surface area contributed by atoms with Gasteiger partial charge < -0.3 is 8.71 Å². The Labute approximate surface area is 129 Å². The van der Waals surface area contributed by atoms with Crippen LogP contribution in [0.5, 0.6) is 5.75 Å². The van der Waals surface area contributed by atoms with Crippen LogP contribution in [0.15, 0.2) is 40.9 Å². The molecule has 10 heteroatoms. The largest absolute Gasteiger partial charge is 0.534 e. The van der Waals surface area contributed by atoms with E-state index in [1.165, 1.54) is 18.6 Å². The van der Waals surface area contributed by atoms with Gasteiger partial charge in [-0.05, 0) is 37.6 Å². The number of aryl methyl sites for hydroxylation is 1. The first kappa shape index (κ1) is 17.0. The molecule has 1 aromatic carbocycles. The summed E-state index contributed by atoms with van der Waals surface area (Å²) in [6.45, 7) is 1.60. The Morgan fingerprint density at radius 2 is 1.74 bits per heavy atom. The van der Waals surface area contributed by atoms with Crippen molar-refractivity contribution in [1.29, 1.82) is 0 Å². The lowest BCUT2D eigenvalue weighted by atomic mass is 10.2. The summed E-state index contributed by atoms with van der Waals surface area (Å²) in [5, 5.41) is 3.55. The van der Waals surface area contributed by atoms with Crippen LogP contribution in [0.4, 0.5) is 13.2 Å². The first-order valence-corrected chi connectivity index (χ1v) is 7.66. The quantitative estimate of drug-likeness (QED) is 0.481. The van der Waals surface area contributed by atoms with E-state index in [2.05, 4.69) is 26.5 Å². The molecule has 1 aromatic heterocycles. The highest BCUT2D eigenvalue weighted by molar-refractivity contribution is 7.87. The number of allylic oxidation sites excluding steroid dienone is 2. The van der Waals surface area contributed by atoms with Gasteiger partial charge >= 0.3 is 15.6 Å². The Bertz CT molecular complexity index is 791. The van der Waals surface area contributed by atoms with E-state index in [4.69, 9.17) is 4.52 Å². The van der Waals surface area contributed by atoms with Crippen LogP contribution in [0.1, 0.15) is 12.2 Å². The van der Waals surface area contributed by atoms with E-state index in [1.807, 2.05) is 0 Å². The van der Waals surface area contributed by atoms with Crippen LogP contribution in [0.2, 0.25) is 0 Å². The molecule has 1 heterocycles. The molecule has 3 rings (SSSR count). The molecule has 6 nitrogen and oxygen atoms in total. The lowest BCUT2D eigenvalue weighted by molar-refractivity contribution is -0.0500. The van der Waals surface area contributed by atoms with Gasteiger partial charge in [-0.15, -0.1) is 0 Å². The molecule has 0 radical (unpaired) electrons. The van der Waals surface area contributed by atoms with Crippen LogP contribution in [0.3, 0.4) is 0 Å². The summed E-state index contributed by atoms with van der Waals surface area (Å²) in [4.78, 5) is 3.91. The Morgan fingerprint density at radius 1 is 1.17 bits per heavy atom. The van der Waals surface area contributed by atoms with Gasteiger partial charge in [-0.1, -0.05) is 17.3 Å². The van der Waals surface area contributed by atoms with E-state index >= 15 is 0 Å². The third-order valence-electron chi connectivity index (χ3n) is 2.35. The van der Waals surface area contributed by atoms with E-state index in [9.17, 15) is 21.6 Å². The molecule has 1 aliphatic carbocycles. The van der Waals surface area contributed by atoms with Gasteiger partial charge in [0.25, 0.3) is 5.89 Å². The molecule has 0 fully saturated rings. The number of hydrogen-bond donors (Lipinski definition) is 0. The molecule has 23 heavy (non-hydrogen) atoms. The van der Waals surface area contributed by atoms with Crippen molar-refractivity contribution >= 4 is 10.1 Å². The van der Waals surface area contributed by atoms with Crippen LogP contribution in [0, 0.1) is 6.92 Å². The molecule has 1 aliphatic rings. The predicted octanol–water partition coefficient (Wildman–Crippen LogP) is 3.22. The number of aromatic nitrogens is 2. The summed E-state index contributed by atoms with van der Waals surface area (Å²) >= 11 is 0. The minimum atomic E-state index is -5.68. The van der Waals surface area contributed by atoms with Crippen LogP contribution in [0.25, 0.3) is 11.5 Å². The summed E-state index contributed by atoms with van der Waals surface area (Å²) in [5.41, 5.74) is -5.06. The monoisotopic (exact) mass is 348 g/mol. The summed E-state index contributed by atoms with van der Waals surface area (Å²) in [6.07, 6.45) is 5.50. The Morgan fingerprint density at radius 3 is 2.13 bits per heavy atom. The van der Waals surface area contributed by atoms with E-state index in [1.54, 1.807) is 6.92 Å². The predicted molar refractivity (Wildman–Crippen MR) is 73.8 cm³/mol. The van der Waals surface area contributed by atoms with Gasteiger partial charge in [0.1, 0.15) is 5.75 Å². The first-order valence-electron chi connectivity index (χ1n) is 6.25. The minimum Gasteiger partial charge on any atom is -0.376 e. The van der Waals surface area contributed by atoms with E-state index < -0.39 is 21.4 Å². The lowest BCUT2D eigenvalue weighted by Gasteiger charge is -2.09. The Kier molecular flexibility index (Phi) is 4.73. The fraction of sp³-hybridized carbons (Fsp3) is 0.231. The van der Waals surface area contributed by atoms with E-state index in [0.717, 1.165) is 12.1 Å². The lowest BCUT2D eigenvalue weighted by Crippen LogP contribution is -2.28. The molecule has 124 valence electrons. The Hall–Kier alpha value is -2.36. The number of hydrogen-bond acceptors (Lipinski definition) is 6. The number of alkyl halides is 3. The molecule has 0 saturated carbocycles. The average Bonchev–Trinajstić information content (AvgIpc) is 3.27.